The van der Waals surface area contributed by atoms with Crippen molar-refractivity contribution in [2.45, 2.75) is 13.3 Å². The van der Waals surface area contributed by atoms with Crippen LogP contribution < -0.4 is 0 Å². The van der Waals surface area contributed by atoms with Gasteiger partial charge in [-0.25, -0.2) is 0 Å². The summed E-state index contributed by atoms with van der Waals surface area (Å²) >= 11 is 7.08. The van der Waals surface area contributed by atoms with Gasteiger partial charge in [-0.2, -0.15) is 0 Å². The Morgan fingerprint density at radius 1 is 1.80 bits per heavy atom. The van der Waals surface area contributed by atoms with Crippen LogP contribution in [0, 0.1) is 5.92 Å². The number of halogens is 1. The van der Waals surface area contributed by atoms with E-state index in [0.29, 0.717) is 11.8 Å². The molecule has 1 atom stereocenters. The second-order valence-electron chi connectivity index (χ2n) is 2.35. The van der Waals surface area contributed by atoms with Gasteiger partial charge in [-0.15, -0.1) is 16.7 Å². The number of nitrogens with zero attached hydrogens (tertiary/aromatic N) is 2. The first-order valence-corrected chi connectivity index (χ1v) is 4.46. The van der Waals surface area contributed by atoms with E-state index in [1.54, 1.807) is 6.20 Å². The minimum absolute atomic E-state index is 0.531. The van der Waals surface area contributed by atoms with Crippen LogP contribution in [0.25, 0.3) is 0 Å². The minimum Gasteiger partial charge on any atom is -0.146 e. The maximum absolute atomic E-state index is 5.63. The highest BCUT2D eigenvalue weighted by Gasteiger charge is 2.02. The average molecular weight is 177 g/mol. The van der Waals surface area contributed by atoms with Crippen molar-refractivity contribution in [3.8, 4) is 0 Å². The SMILES string of the molecule is CC(CCl)Cc1cnns1. The van der Waals surface area contributed by atoms with Crippen LogP contribution in [-0.2, 0) is 6.42 Å². The lowest BCUT2D eigenvalue weighted by Gasteiger charge is -2.01. The first kappa shape index (κ1) is 7.95. The fourth-order valence-corrected chi connectivity index (χ4v) is 1.44. The summed E-state index contributed by atoms with van der Waals surface area (Å²) in [6.45, 7) is 2.12. The standard InChI is InChI=1S/C6H9ClN2S/c1-5(3-7)2-6-4-8-9-10-6/h4-5H,2-3H2,1H3. The number of alkyl halides is 1. The molecule has 0 N–H and O–H groups in total. The molecule has 0 aliphatic rings. The number of hydrogen-bond donors (Lipinski definition) is 0. The van der Waals surface area contributed by atoms with Crippen LogP contribution in [0.2, 0.25) is 0 Å². The Labute approximate surface area is 69.4 Å². The maximum atomic E-state index is 5.63. The zero-order valence-corrected chi connectivity index (χ0v) is 7.32. The van der Waals surface area contributed by atoms with Gasteiger partial charge in [0, 0.05) is 10.8 Å². The Morgan fingerprint density at radius 2 is 2.60 bits per heavy atom. The van der Waals surface area contributed by atoms with Gasteiger partial charge in [0.25, 0.3) is 0 Å². The van der Waals surface area contributed by atoms with Crippen molar-refractivity contribution in [3.05, 3.63) is 11.1 Å². The molecule has 0 saturated carbocycles. The minimum atomic E-state index is 0.531. The second kappa shape index (κ2) is 3.88. The molecule has 0 radical (unpaired) electrons. The third-order valence-electron chi connectivity index (χ3n) is 1.22. The summed E-state index contributed by atoms with van der Waals surface area (Å²) in [7, 11) is 0. The predicted molar refractivity (Wildman–Crippen MR) is 43.5 cm³/mol. The summed E-state index contributed by atoms with van der Waals surface area (Å²) in [5.74, 6) is 1.24. The molecule has 0 aromatic carbocycles. The Balaban J connectivity index is 2.40. The molecule has 1 aromatic rings. The molecule has 2 nitrogen and oxygen atoms in total. The average Bonchev–Trinajstić information content (AvgIpc) is 2.40. The normalized spacial score (nSPS) is 13.4. The van der Waals surface area contributed by atoms with Crippen LogP contribution in [0.15, 0.2) is 6.20 Å². The van der Waals surface area contributed by atoms with Gasteiger partial charge in [-0.3, -0.25) is 0 Å². The highest BCUT2D eigenvalue weighted by molar-refractivity contribution is 7.05. The highest BCUT2D eigenvalue weighted by atomic mass is 35.5. The third-order valence-corrected chi connectivity index (χ3v) is 2.43. The zero-order valence-electron chi connectivity index (χ0n) is 5.75. The summed E-state index contributed by atoms with van der Waals surface area (Å²) in [5.41, 5.74) is 0. The van der Waals surface area contributed by atoms with Crippen LogP contribution in [0.3, 0.4) is 0 Å². The Bertz CT molecular complexity index is 176. The zero-order chi connectivity index (χ0) is 7.40. The van der Waals surface area contributed by atoms with Gasteiger partial charge < -0.3 is 0 Å². The van der Waals surface area contributed by atoms with Crippen LogP contribution >= 0.6 is 23.1 Å². The summed E-state index contributed by atoms with van der Waals surface area (Å²) in [6.07, 6.45) is 2.80. The van der Waals surface area contributed by atoms with Crippen LogP contribution in [0.5, 0.6) is 0 Å². The lowest BCUT2D eigenvalue weighted by molar-refractivity contribution is 0.661. The largest absolute Gasteiger partial charge is 0.146 e. The quantitative estimate of drug-likeness (QED) is 0.658. The summed E-state index contributed by atoms with van der Waals surface area (Å²) in [4.78, 5) is 1.22. The Hall–Kier alpha value is -0.150. The Morgan fingerprint density at radius 3 is 3.10 bits per heavy atom. The van der Waals surface area contributed by atoms with E-state index in [2.05, 4.69) is 16.5 Å². The molecule has 0 amide bonds. The van der Waals surface area contributed by atoms with Crippen LogP contribution in [0.4, 0.5) is 0 Å². The fourth-order valence-electron chi connectivity index (χ4n) is 0.676. The first-order valence-electron chi connectivity index (χ1n) is 3.15. The van der Waals surface area contributed by atoms with Crippen molar-refractivity contribution in [2.75, 3.05) is 5.88 Å². The second-order valence-corrected chi connectivity index (χ2v) is 3.53. The van der Waals surface area contributed by atoms with E-state index >= 15 is 0 Å². The third kappa shape index (κ3) is 2.23. The molecule has 1 heterocycles. The molecule has 1 rings (SSSR count). The summed E-state index contributed by atoms with van der Waals surface area (Å²) in [6, 6.07) is 0. The van der Waals surface area contributed by atoms with Crippen molar-refractivity contribution in [3.63, 3.8) is 0 Å². The molecular formula is C6H9ClN2S. The number of hydrogen-bond acceptors (Lipinski definition) is 3. The molecule has 0 fully saturated rings. The molecule has 0 aliphatic carbocycles. The molecular weight excluding hydrogens is 168 g/mol. The number of rotatable bonds is 3. The van der Waals surface area contributed by atoms with Gasteiger partial charge in [0.15, 0.2) is 0 Å². The van der Waals surface area contributed by atoms with Crippen molar-refractivity contribution in [1.29, 1.82) is 0 Å². The molecule has 10 heavy (non-hydrogen) atoms. The van der Waals surface area contributed by atoms with Gasteiger partial charge >= 0.3 is 0 Å². The fraction of sp³-hybridized carbons (Fsp3) is 0.667. The lowest BCUT2D eigenvalue weighted by atomic mass is 10.1. The molecule has 1 aromatic heterocycles. The van der Waals surface area contributed by atoms with E-state index in [1.165, 1.54) is 16.4 Å². The van der Waals surface area contributed by atoms with Crippen LogP contribution in [-0.4, -0.2) is 15.5 Å². The van der Waals surface area contributed by atoms with Crippen LogP contribution in [0.1, 0.15) is 11.8 Å². The molecule has 56 valence electrons. The van der Waals surface area contributed by atoms with E-state index in [0.717, 1.165) is 6.42 Å². The van der Waals surface area contributed by atoms with Crippen molar-refractivity contribution in [1.82, 2.24) is 9.59 Å². The molecule has 1 unspecified atom stereocenters. The predicted octanol–water partition coefficient (Wildman–Crippen LogP) is 1.96. The number of aromatic nitrogens is 2. The van der Waals surface area contributed by atoms with Crippen molar-refractivity contribution in [2.24, 2.45) is 5.92 Å². The van der Waals surface area contributed by atoms with Gasteiger partial charge in [-0.05, 0) is 23.9 Å². The van der Waals surface area contributed by atoms with E-state index < -0.39 is 0 Å². The monoisotopic (exact) mass is 176 g/mol. The van der Waals surface area contributed by atoms with Crippen molar-refractivity contribution >= 4 is 23.1 Å². The van der Waals surface area contributed by atoms with Gasteiger partial charge in [0.2, 0.25) is 0 Å². The van der Waals surface area contributed by atoms with Gasteiger partial charge in [0.1, 0.15) is 0 Å². The highest BCUT2D eigenvalue weighted by Crippen LogP contribution is 2.10. The molecule has 0 spiro atoms. The molecule has 4 heteroatoms. The smallest absolute Gasteiger partial charge is 0.0653 e. The Kier molecular flexibility index (Phi) is 3.09. The molecule has 0 saturated heterocycles. The maximum Gasteiger partial charge on any atom is 0.0653 e. The summed E-state index contributed by atoms with van der Waals surface area (Å²) in [5, 5.41) is 3.73. The molecule has 0 bridgehead atoms. The van der Waals surface area contributed by atoms with E-state index in [9.17, 15) is 0 Å². The topological polar surface area (TPSA) is 25.8 Å². The van der Waals surface area contributed by atoms with E-state index in [4.69, 9.17) is 11.6 Å². The van der Waals surface area contributed by atoms with Gasteiger partial charge in [0.05, 0.1) is 6.20 Å². The molecule has 0 aliphatic heterocycles. The summed E-state index contributed by atoms with van der Waals surface area (Å²) < 4.78 is 3.76. The van der Waals surface area contributed by atoms with E-state index in [1.807, 2.05) is 0 Å². The first-order chi connectivity index (χ1) is 4.83. The van der Waals surface area contributed by atoms with E-state index in [-0.39, 0.29) is 0 Å². The van der Waals surface area contributed by atoms with Crippen molar-refractivity contribution < 1.29 is 0 Å². The lowest BCUT2D eigenvalue weighted by Crippen LogP contribution is -1.98. The van der Waals surface area contributed by atoms with Gasteiger partial charge in [-0.1, -0.05) is 11.4 Å².